The molecule has 0 bridgehead atoms. The second-order valence-electron chi connectivity index (χ2n) is 9.80. The molecule has 8 heteroatoms. The molecule has 3 unspecified atom stereocenters. The lowest BCUT2D eigenvalue weighted by molar-refractivity contribution is -0.139. The minimum absolute atomic E-state index is 0.00155. The Labute approximate surface area is 203 Å². The Balaban J connectivity index is 1.42. The number of rotatable bonds is 8. The number of Topliss-reactive ketones (excluding diaryl/α,β-unsaturated/α-hetero) is 1. The average Bonchev–Trinajstić information content (AvgIpc) is 3.48. The number of nitrogens with one attached hydrogen (secondary N) is 1. The molecule has 2 N–H and O–H groups in total. The van der Waals surface area contributed by atoms with E-state index in [1.54, 1.807) is 11.0 Å². The van der Waals surface area contributed by atoms with E-state index < -0.39 is 23.4 Å². The average molecular weight is 481 g/mol. The van der Waals surface area contributed by atoms with Crippen LogP contribution in [-0.2, 0) is 20.9 Å². The first-order valence-electron chi connectivity index (χ1n) is 12.2. The van der Waals surface area contributed by atoms with Gasteiger partial charge in [-0.2, -0.15) is 0 Å². The van der Waals surface area contributed by atoms with Crippen LogP contribution in [0.15, 0.2) is 48.5 Å². The van der Waals surface area contributed by atoms with E-state index in [2.05, 4.69) is 5.32 Å². The number of hydrogen-bond acceptors (Lipinski definition) is 5. The second-order valence-corrected chi connectivity index (χ2v) is 9.80. The lowest BCUT2D eigenvalue weighted by Crippen LogP contribution is -2.53. The molecule has 3 atom stereocenters. The molecule has 2 aliphatic carbocycles. The van der Waals surface area contributed by atoms with Gasteiger partial charge in [0.2, 0.25) is 0 Å². The molecule has 3 aliphatic rings. The number of nitrogens with zero attached hydrogens (tertiary/aromatic N) is 1. The van der Waals surface area contributed by atoms with Gasteiger partial charge in [0.25, 0.3) is 0 Å². The first kappa shape index (κ1) is 23.5. The standard InChI is InChI=1S/C27H29FN2O5/c28-18-9-10-22-20(15-18)25(29-27(13-14-27)23(31)11-12-24(32)33)19-7-4-8-21(19)30(22)26(34)35-16-17-5-2-1-3-6-17/h1-3,5-6,9-10,15,19,21,25,29H,4,7-8,11-14,16H2,(H,32,33). The molecule has 0 aromatic heterocycles. The van der Waals surface area contributed by atoms with Gasteiger partial charge in [0, 0.05) is 18.5 Å². The summed E-state index contributed by atoms with van der Waals surface area (Å²) in [6, 6.07) is 13.4. The van der Waals surface area contributed by atoms with Gasteiger partial charge in [0.1, 0.15) is 12.4 Å². The first-order valence-corrected chi connectivity index (χ1v) is 12.2. The van der Waals surface area contributed by atoms with Crippen LogP contribution in [0.4, 0.5) is 14.9 Å². The normalized spacial score (nSPS) is 23.8. The third-order valence-electron chi connectivity index (χ3n) is 7.56. The molecule has 1 amide bonds. The minimum atomic E-state index is -1.00. The molecule has 5 rings (SSSR count). The molecule has 2 aromatic carbocycles. The molecule has 1 heterocycles. The number of carbonyl (C=O) groups excluding carboxylic acids is 2. The SMILES string of the molecule is O=C(O)CCC(=O)C1(NC2c3cc(F)ccc3N(C(=O)OCc3ccccc3)C3CCCC23)CC1. The molecule has 0 radical (unpaired) electrons. The monoisotopic (exact) mass is 480 g/mol. The number of carboxylic acid groups (broad SMARTS) is 1. The molecule has 184 valence electrons. The van der Waals surface area contributed by atoms with Crippen molar-refractivity contribution in [3.8, 4) is 0 Å². The lowest BCUT2D eigenvalue weighted by atomic mass is 9.82. The van der Waals surface area contributed by atoms with Crippen LogP contribution >= 0.6 is 0 Å². The molecule has 35 heavy (non-hydrogen) atoms. The zero-order chi connectivity index (χ0) is 24.6. The third-order valence-corrected chi connectivity index (χ3v) is 7.56. The number of carbonyl (C=O) groups is 3. The predicted molar refractivity (Wildman–Crippen MR) is 126 cm³/mol. The summed E-state index contributed by atoms with van der Waals surface area (Å²) in [6.07, 6.45) is 3.10. The van der Waals surface area contributed by atoms with Gasteiger partial charge >= 0.3 is 12.1 Å². The number of anilines is 1. The number of hydrogen-bond donors (Lipinski definition) is 2. The molecular weight excluding hydrogens is 451 g/mol. The summed E-state index contributed by atoms with van der Waals surface area (Å²) in [6.45, 7) is 0.146. The van der Waals surface area contributed by atoms with Crippen molar-refractivity contribution < 1.29 is 28.6 Å². The molecule has 1 aliphatic heterocycles. The number of aliphatic carboxylic acids is 1. The van der Waals surface area contributed by atoms with Gasteiger partial charge in [-0.1, -0.05) is 36.8 Å². The van der Waals surface area contributed by atoms with Gasteiger partial charge < -0.3 is 9.84 Å². The first-order chi connectivity index (χ1) is 16.9. The molecule has 7 nitrogen and oxygen atoms in total. The van der Waals surface area contributed by atoms with Crippen LogP contribution in [0.1, 0.15) is 62.1 Å². The Morgan fingerprint density at radius 3 is 2.57 bits per heavy atom. The van der Waals surface area contributed by atoms with Crippen molar-refractivity contribution in [1.29, 1.82) is 0 Å². The maximum absolute atomic E-state index is 14.4. The van der Waals surface area contributed by atoms with E-state index in [1.165, 1.54) is 12.1 Å². The van der Waals surface area contributed by atoms with E-state index in [0.717, 1.165) is 24.8 Å². The van der Waals surface area contributed by atoms with Crippen LogP contribution in [0.3, 0.4) is 0 Å². The molecule has 2 fully saturated rings. The minimum Gasteiger partial charge on any atom is -0.481 e. The van der Waals surface area contributed by atoms with Gasteiger partial charge in [-0.25, -0.2) is 9.18 Å². The number of carboxylic acids is 1. The van der Waals surface area contributed by atoms with Crippen molar-refractivity contribution in [3.05, 3.63) is 65.5 Å². The predicted octanol–water partition coefficient (Wildman–Crippen LogP) is 4.75. The van der Waals surface area contributed by atoms with Crippen LogP contribution in [-0.4, -0.2) is 34.5 Å². The highest BCUT2D eigenvalue weighted by atomic mass is 19.1. The zero-order valence-electron chi connectivity index (χ0n) is 19.4. The van der Waals surface area contributed by atoms with E-state index in [1.807, 2.05) is 30.3 Å². The number of halogens is 1. The number of amides is 1. The molecule has 0 saturated heterocycles. The molecule has 0 spiro atoms. The number of ketones is 1. The topological polar surface area (TPSA) is 95.9 Å². The van der Waals surface area contributed by atoms with Crippen molar-refractivity contribution in [2.24, 2.45) is 5.92 Å². The van der Waals surface area contributed by atoms with E-state index in [-0.39, 0.29) is 43.2 Å². The summed E-state index contributed by atoms with van der Waals surface area (Å²) in [7, 11) is 0. The van der Waals surface area contributed by atoms with Crippen molar-refractivity contribution in [2.45, 2.75) is 69.2 Å². The Hall–Kier alpha value is -3.26. The summed E-state index contributed by atoms with van der Waals surface area (Å²) in [5.41, 5.74) is 1.35. The van der Waals surface area contributed by atoms with Gasteiger partial charge in [-0.3, -0.25) is 19.8 Å². The molecule has 2 aromatic rings. The Kier molecular flexibility index (Phi) is 6.32. The quantitative estimate of drug-likeness (QED) is 0.566. The van der Waals surface area contributed by atoms with Gasteiger partial charge in [0.15, 0.2) is 5.78 Å². The Bertz CT molecular complexity index is 1130. The number of ether oxygens (including phenoxy) is 1. The van der Waals surface area contributed by atoms with Crippen LogP contribution in [0.2, 0.25) is 0 Å². The summed E-state index contributed by atoms with van der Waals surface area (Å²) in [4.78, 5) is 38.8. The van der Waals surface area contributed by atoms with E-state index in [4.69, 9.17) is 9.84 Å². The molecule has 2 saturated carbocycles. The lowest BCUT2D eigenvalue weighted by Gasteiger charge is -2.44. The zero-order valence-corrected chi connectivity index (χ0v) is 19.4. The van der Waals surface area contributed by atoms with E-state index in [9.17, 15) is 18.8 Å². The van der Waals surface area contributed by atoms with E-state index in [0.29, 0.717) is 24.1 Å². The fourth-order valence-corrected chi connectivity index (χ4v) is 5.68. The summed E-state index contributed by atoms with van der Waals surface area (Å²) in [5.74, 6) is -1.53. The Morgan fingerprint density at radius 1 is 1.09 bits per heavy atom. The number of benzene rings is 2. The Morgan fingerprint density at radius 2 is 1.86 bits per heavy atom. The highest BCUT2D eigenvalue weighted by Crippen LogP contribution is 2.51. The smallest absolute Gasteiger partial charge is 0.414 e. The van der Waals surface area contributed by atoms with Crippen molar-refractivity contribution in [2.75, 3.05) is 4.90 Å². The molecular formula is C27H29FN2O5. The summed E-state index contributed by atoms with van der Waals surface area (Å²) in [5, 5.41) is 12.5. The second kappa shape index (κ2) is 9.41. The van der Waals surface area contributed by atoms with Gasteiger partial charge in [0.05, 0.1) is 17.6 Å². The van der Waals surface area contributed by atoms with Crippen molar-refractivity contribution in [1.82, 2.24) is 5.32 Å². The van der Waals surface area contributed by atoms with Crippen LogP contribution in [0.5, 0.6) is 0 Å². The van der Waals surface area contributed by atoms with Crippen molar-refractivity contribution in [3.63, 3.8) is 0 Å². The fraction of sp³-hybridized carbons (Fsp3) is 0.444. The highest BCUT2D eigenvalue weighted by Gasteiger charge is 2.54. The summed E-state index contributed by atoms with van der Waals surface area (Å²) < 4.78 is 20.1. The largest absolute Gasteiger partial charge is 0.481 e. The maximum Gasteiger partial charge on any atom is 0.414 e. The van der Waals surface area contributed by atoms with Gasteiger partial charge in [-0.15, -0.1) is 0 Å². The van der Waals surface area contributed by atoms with Crippen LogP contribution in [0.25, 0.3) is 0 Å². The van der Waals surface area contributed by atoms with Crippen LogP contribution < -0.4 is 10.2 Å². The number of fused-ring (bicyclic) bond motifs is 2. The van der Waals surface area contributed by atoms with Crippen LogP contribution in [0, 0.1) is 11.7 Å². The summed E-state index contributed by atoms with van der Waals surface area (Å²) >= 11 is 0. The van der Waals surface area contributed by atoms with Crippen molar-refractivity contribution >= 4 is 23.5 Å². The van der Waals surface area contributed by atoms with Gasteiger partial charge in [-0.05, 0) is 60.9 Å². The fourth-order valence-electron chi connectivity index (χ4n) is 5.68. The maximum atomic E-state index is 14.4. The third kappa shape index (κ3) is 4.67. The highest BCUT2D eigenvalue weighted by molar-refractivity contribution is 5.93. The van der Waals surface area contributed by atoms with E-state index >= 15 is 0 Å².